The van der Waals surface area contributed by atoms with E-state index in [0.29, 0.717) is 45.4 Å². The highest BCUT2D eigenvalue weighted by Gasteiger charge is 2.33. The van der Waals surface area contributed by atoms with E-state index in [1.54, 1.807) is 0 Å². The van der Waals surface area contributed by atoms with Crippen molar-refractivity contribution >= 4 is 35.8 Å². The molecule has 0 fully saturated rings. The number of ether oxygens (including phenoxy) is 3. The van der Waals surface area contributed by atoms with E-state index in [1.165, 1.54) is 38.5 Å². The lowest BCUT2D eigenvalue weighted by atomic mass is 10.0. The summed E-state index contributed by atoms with van der Waals surface area (Å²) in [6.07, 6.45) is 18.7. The van der Waals surface area contributed by atoms with Gasteiger partial charge in [0.05, 0.1) is 39.6 Å². The lowest BCUT2D eigenvalue weighted by Crippen LogP contribution is -2.58. The molecule has 56 heavy (non-hydrogen) atoms. The monoisotopic (exact) mass is 798 g/mol. The molecule has 0 aliphatic heterocycles. The van der Waals surface area contributed by atoms with Crippen molar-refractivity contribution in [2.24, 2.45) is 0 Å². The highest BCUT2D eigenvalue weighted by Crippen LogP contribution is 2.14. The standard InChI is InChI=1S/C42H79N5O9/c1-4-7-8-9-10-11-12-13-16-23-41(53)47-42(34-54-31-21-30-48,35-55-32-24-39(51)45-28-19-14-17-26-43-37(49)6-3)36-56-33-25-40(52)46-29-20-15-18-27-44-38(50)22-5-2/h30H,4-29,31-36H2,1-3H3,(H,43,49)(H,44,50)(H,45,51)(H,46,52)(H,47,53). The van der Waals surface area contributed by atoms with Gasteiger partial charge in [-0.1, -0.05) is 72.1 Å². The second kappa shape index (κ2) is 38.8. The summed E-state index contributed by atoms with van der Waals surface area (Å²) in [7, 11) is 0. The maximum atomic E-state index is 13.3. The first-order valence-corrected chi connectivity index (χ1v) is 21.8. The number of amides is 5. The Kier molecular flexibility index (Phi) is 36.6. The fourth-order valence-electron chi connectivity index (χ4n) is 5.83. The van der Waals surface area contributed by atoms with Crippen LogP contribution in [0.25, 0.3) is 0 Å². The summed E-state index contributed by atoms with van der Waals surface area (Å²) in [5.74, 6) is -0.345. The summed E-state index contributed by atoms with van der Waals surface area (Å²) >= 11 is 0. The highest BCUT2D eigenvalue weighted by atomic mass is 16.5. The van der Waals surface area contributed by atoms with Crippen LogP contribution in [0.4, 0.5) is 0 Å². The van der Waals surface area contributed by atoms with Gasteiger partial charge in [0.15, 0.2) is 0 Å². The van der Waals surface area contributed by atoms with Gasteiger partial charge in [-0.25, -0.2) is 0 Å². The van der Waals surface area contributed by atoms with Gasteiger partial charge in [0.1, 0.15) is 11.8 Å². The van der Waals surface area contributed by atoms with E-state index >= 15 is 0 Å². The number of aldehydes is 1. The van der Waals surface area contributed by atoms with Gasteiger partial charge in [-0.2, -0.15) is 0 Å². The minimum absolute atomic E-state index is 0.0133. The molecule has 0 spiro atoms. The molecule has 0 heterocycles. The first-order valence-electron chi connectivity index (χ1n) is 21.8. The Morgan fingerprint density at radius 1 is 0.446 bits per heavy atom. The molecule has 5 N–H and O–H groups in total. The third-order valence-electron chi connectivity index (χ3n) is 9.17. The van der Waals surface area contributed by atoms with Gasteiger partial charge in [-0.3, -0.25) is 24.0 Å². The van der Waals surface area contributed by atoms with Gasteiger partial charge in [0.2, 0.25) is 29.5 Å². The molecule has 0 saturated carbocycles. The average Bonchev–Trinajstić information content (AvgIpc) is 3.18. The van der Waals surface area contributed by atoms with Crippen LogP contribution in [0.3, 0.4) is 0 Å². The molecule has 0 rings (SSSR count). The fourth-order valence-corrected chi connectivity index (χ4v) is 5.83. The van der Waals surface area contributed by atoms with Crippen LogP contribution in [0, 0.1) is 0 Å². The molecule has 0 aromatic carbocycles. The van der Waals surface area contributed by atoms with Crippen LogP contribution in [-0.2, 0) is 43.0 Å². The number of hydrogen-bond acceptors (Lipinski definition) is 9. The number of carbonyl (C=O) groups is 6. The Balaban J connectivity index is 5.03. The fraction of sp³-hybridized carbons (Fsp3) is 0.857. The second-order valence-electron chi connectivity index (χ2n) is 14.6. The van der Waals surface area contributed by atoms with Crippen molar-refractivity contribution in [2.75, 3.05) is 65.8 Å². The van der Waals surface area contributed by atoms with Crippen molar-refractivity contribution in [3.63, 3.8) is 0 Å². The van der Waals surface area contributed by atoms with E-state index < -0.39 is 5.54 Å². The SMILES string of the molecule is CCCCCCCCCCCC(=O)NC(COCCC=O)(COCCC(=O)NCCCCCNC(=O)CC)COCCC(=O)NCCCCCNC(=O)CCC. The van der Waals surface area contributed by atoms with E-state index in [0.717, 1.165) is 70.5 Å². The first kappa shape index (κ1) is 52.9. The van der Waals surface area contributed by atoms with Gasteiger partial charge in [-0.15, -0.1) is 0 Å². The van der Waals surface area contributed by atoms with E-state index in [1.807, 2.05) is 13.8 Å². The minimum atomic E-state index is -1.09. The van der Waals surface area contributed by atoms with E-state index in [-0.39, 0.29) is 88.4 Å². The smallest absolute Gasteiger partial charge is 0.222 e. The minimum Gasteiger partial charge on any atom is -0.378 e. The molecule has 0 radical (unpaired) electrons. The highest BCUT2D eigenvalue weighted by molar-refractivity contribution is 5.77. The zero-order valence-corrected chi connectivity index (χ0v) is 35.4. The van der Waals surface area contributed by atoms with Crippen LogP contribution in [0.1, 0.15) is 162 Å². The van der Waals surface area contributed by atoms with Crippen molar-refractivity contribution in [3.05, 3.63) is 0 Å². The van der Waals surface area contributed by atoms with Crippen LogP contribution in [0.2, 0.25) is 0 Å². The molecule has 0 aromatic rings. The number of unbranched alkanes of at least 4 members (excludes halogenated alkanes) is 12. The molecule has 1 atom stereocenters. The van der Waals surface area contributed by atoms with Crippen LogP contribution in [0.15, 0.2) is 0 Å². The predicted octanol–water partition coefficient (Wildman–Crippen LogP) is 5.20. The molecule has 0 aliphatic carbocycles. The lowest BCUT2D eigenvalue weighted by molar-refractivity contribution is -0.130. The van der Waals surface area contributed by atoms with Gasteiger partial charge in [0.25, 0.3) is 0 Å². The zero-order valence-electron chi connectivity index (χ0n) is 35.4. The summed E-state index contributed by atoms with van der Waals surface area (Å²) in [6.45, 7) is 8.79. The quantitative estimate of drug-likeness (QED) is 0.0409. The Labute approximate surface area is 338 Å². The van der Waals surface area contributed by atoms with Gasteiger partial charge in [0, 0.05) is 64.7 Å². The van der Waals surface area contributed by atoms with Crippen LogP contribution in [-0.4, -0.2) is 107 Å². The Morgan fingerprint density at radius 3 is 1.30 bits per heavy atom. The predicted molar refractivity (Wildman–Crippen MR) is 220 cm³/mol. The molecule has 14 nitrogen and oxygen atoms in total. The maximum Gasteiger partial charge on any atom is 0.222 e. The molecular formula is C42H79N5O9. The Morgan fingerprint density at radius 2 is 0.857 bits per heavy atom. The summed E-state index contributed by atoms with van der Waals surface area (Å²) < 4.78 is 17.8. The average molecular weight is 798 g/mol. The molecule has 326 valence electrons. The Bertz CT molecular complexity index is 1030. The molecular weight excluding hydrogens is 718 g/mol. The summed E-state index contributed by atoms with van der Waals surface area (Å²) in [5, 5.41) is 14.6. The lowest BCUT2D eigenvalue weighted by Gasteiger charge is -2.34. The van der Waals surface area contributed by atoms with E-state index in [2.05, 4.69) is 33.5 Å². The molecule has 0 aliphatic rings. The van der Waals surface area contributed by atoms with Crippen LogP contribution in [0.5, 0.6) is 0 Å². The van der Waals surface area contributed by atoms with Crippen LogP contribution < -0.4 is 26.6 Å². The summed E-state index contributed by atoms with van der Waals surface area (Å²) in [6, 6.07) is 0. The van der Waals surface area contributed by atoms with Crippen molar-refractivity contribution in [2.45, 2.75) is 168 Å². The molecule has 1 unspecified atom stereocenters. The van der Waals surface area contributed by atoms with Crippen molar-refractivity contribution in [3.8, 4) is 0 Å². The van der Waals surface area contributed by atoms with Crippen molar-refractivity contribution in [1.82, 2.24) is 26.6 Å². The number of hydrogen-bond donors (Lipinski definition) is 5. The van der Waals surface area contributed by atoms with Crippen LogP contribution >= 0.6 is 0 Å². The Hall–Kier alpha value is -3.10. The first-order chi connectivity index (χ1) is 27.2. The molecule has 14 heteroatoms. The van der Waals surface area contributed by atoms with Gasteiger partial charge in [-0.05, 0) is 51.4 Å². The van der Waals surface area contributed by atoms with E-state index in [9.17, 15) is 28.8 Å². The summed E-state index contributed by atoms with van der Waals surface area (Å²) in [4.78, 5) is 72.1. The van der Waals surface area contributed by atoms with Crippen molar-refractivity contribution < 1.29 is 43.0 Å². The maximum absolute atomic E-state index is 13.3. The van der Waals surface area contributed by atoms with Crippen molar-refractivity contribution in [1.29, 1.82) is 0 Å². The number of carbonyl (C=O) groups excluding carboxylic acids is 6. The van der Waals surface area contributed by atoms with Gasteiger partial charge >= 0.3 is 0 Å². The molecule has 0 bridgehead atoms. The van der Waals surface area contributed by atoms with E-state index in [4.69, 9.17) is 14.2 Å². The second-order valence-corrected chi connectivity index (χ2v) is 14.6. The zero-order chi connectivity index (χ0) is 41.4. The topological polar surface area (TPSA) is 190 Å². The largest absolute Gasteiger partial charge is 0.378 e. The normalized spacial score (nSPS) is 12.1. The number of nitrogens with one attached hydrogen (secondary N) is 5. The number of rotatable bonds is 41. The molecule has 0 aromatic heterocycles. The van der Waals surface area contributed by atoms with Gasteiger partial charge < -0.3 is 45.6 Å². The third kappa shape index (κ3) is 34.2. The third-order valence-corrected chi connectivity index (χ3v) is 9.17. The molecule has 5 amide bonds. The molecule has 0 saturated heterocycles. The summed E-state index contributed by atoms with van der Waals surface area (Å²) in [5.41, 5.74) is -1.09.